The monoisotopic (exact) mass is 375 g/mol. The summed E-state index contributed by atoms with van der Waals surface area (Å²) in [6, 6.07) is 23.0. The van der Waals surface area contributed by atoms with Crippen LogP contribution in [0.25, 0.3) is 43.7 Å². The SMILES string of the molecule is Clc1nc(Cl)nc(-c2cc3c4ccccc4ccc3c3ccccc23)n1. The molecule has 0 spiro atoms. The molecule has 0 aliphatic heterocycles. The van der Waals surface area contributed by atoms with Crippen LogP contribution in [0.1, 0.15) is 0 Å². The van der Waals surface area contributed by atoms with Crippen molar-refractivity contribution in [2.75, 3.05) is 0 Å². The Morgan fingerprint density at radius 3 is 1.92 bits per heavy atom. The Morgan fingerprint density at radius 2 is 1.15 bits per heavy atom. The van der Waals surface area contributed by atoms with Crippen LogP contribution in [0, 0.1) is 0 Å². The first-order chi connectivity index (χ1) is 12.7. The molecule has 0 bridgehead atoms. The predicted octanol–water partition coefficient (Wildman–Crippen LogP) is 6.31. The molecule has 5 aromatic rings. The van der Waals surface area contributed by atoms with Crippen molar-refractivity contribution in [1.82, 2.24) is 15.0 Å². The van der Waals surface area contributed by atoms with E-state index in [-0.39, 0.29) is 10.6 Å². The molecule has 5 rings (SSSR count). The van der Waals surface area contributed by atoms with Gasteiger partial charge < -0.3 is 0 Å². The third kappa shape index (κ3) is 2.40. The van der Waals surface area contributed by atoms with Gasteiger partial charge in [0.15, 0.2) is 5.82 Å². The van der Waals surface area contributed by atoms with Crippen molar-refractivity contribution in [1.29, 1.82) is 0 Å². The Labute approximate surface area is 159 Å². The van der Waals surface area contributed by atoms with Gasteiger partial charge in [-0.05, 0) is 61.6 Å². The van der Waals surface area contributed by atoms with Crippen molar-refractivity contribution in [3.05, 3.63) is 77.3 Å². The number of halogens is 2. The molecule has 0 fully saturated rings. The van der Waals surface area contributed by atoms with Gasteiger partial charge in [-0.3, -0.25) is 0 Å². The Morgan fingerprint density at radius 1 is 0.538 bits per heavy atom. The molecule has 0 saturated heterocycles. The lowest BCUT2D eigenvalue weighted by Gasteiger charge is -2.12. The number of hydrogen-bond acceptors (Lipinski definition) is 3. The molecular formula is C21H11Cl2N3. The van der Waals surface area contributed by atoms with E-state index in [0.717, 1.165) is 21.7 Å². The minimum absolute atomic E-state index is 0.0853. The fourth-order valence-corrected chi connectivity index (χ4v) is 3.86. The van der Waals surface area contributed by atoms with E-state index in [1.165, 1.54) is 16.2 Å². The van der Waals surface area contributed by atoms with Crippen molar-refractivity contribution >= 4 is 55.5 Å². The second-order valence-corrected chi connectivity index (χ2v) is 6.72. The molecule has 0 aliphatic carbocycles. The summed E-state index contributed by atoms with van der Waals surface area (Å²) in [5.41, 5.74) is 0.885. The average Bonchev–Trinajstić information content (AvgIpc) is 2.66. The Bertz CT molecular complexity index is 1290. The van der Waals surface area contributed by atoms with Gasteiger partial charge >= 0.3 is 0 Å². The first kappa shape index (κ1) is 15.5. The molecular weight excluding hydrogens is 365 g/mol. The third-order valence-electron chi connectivity index (χ3n) is 4.59. The van der Waals surface area contributed by atoms with Crippen LogP contribution >= 0.6 is 23.2 Å². The van der Waals surface area contributed by atoms with Gasteiger partial charge in [0, 0.05) is 5.56 Å². The normalized spacial score (nSPS) is 11.5. The minimum Gasteiger partial charge on any atom is -0.198 e. The second kappa shape index (κ2) is 5.90. The van der Waals surface area contributed by atoms with Crippen molar-refractivity contribution in [3.8, 4) is 11.4 Å². The molecule has 26 heavy (non-hydrogen) atoms. The fourth-order valence-electron chi connectivity index (χ4n) is 3.49. The van der Waals surface area contributed by atoms with E-state index >= 15 is 0 Å². The quantitative estimate of drug-likeness (QED) is 0.322. The van der Waals surface area contributed by atoms with Gasteiger partial charge in [-0.1, -0.05) is 60.7 Å². The molecule has 3 nitrogen and oxygen atoms in total. The van der Waals surface area contributed by atoms with Gasteiger partial charge in [-0.25, -0.2) is 0 Å². The van der Waals surface area contributed by atoms with E-state index in [2.05, 4.69) is 57.4 Å². The maximum atomic E-state index is 6.02. The zero-order valence-corrected chi connectivity index (χ0v) is 15.0. The van der Waals surface area contributed by atoms with Crippen molar-refractivity contribution < 1.29 is 0 Å². The van der Waals surface area contributed by atoms with Gasteiger partial charge in [-0.2, -0.15) is 15.0 Å². The molecule has 0 atom stereocenters. The van der Waals surface area contributed by atoms with Crippen LogP contribution in [0.15, 0.2) is 66.7 Å². The first-order valence-electron chi connectivity index (χ1n) is 8.11. The number of aromatic nitrogens is 3. The first-order valence-corrected chi connectivity index (χ1v) is 8.87. The number of nitrogens with zero attached hydrogens (tertiary/aromatic N) is 3. The zero-order valence-electron chi connectivity index (χ0n) is 13.4. The lowest BCUT2D eigenvalue weighted by molar-refractivity contribution is 1.06. The number of fused-ring (bicyclic) bond motifs is 5. The molecule has 0 radical (unpaired) electrons. The fraction of sp³-hybridized carbons (Fsp3) is 0. The summed E-state index contributed by atoms with van der Waals surface area (Å²) in [5, 5.41) is 7.06. The van der Waals surface area contributed by atoms with Gasteiger partial charge in [0.25, 0.3) is 0 Å². The standard InChI is InChI=1S/C21H11Cl2N3/c22-20-24-19(25-21(23)26-20)18-11-17-13-6-2-1-5-12(13)9-10-16(17)14-7-3-4-8-15(14)18/h1-11H. The van der Waals surface area contributed by atoms with E-state index in [1.54, 1.807) is 0 Å². The summed E-state index contributed by atoms with van der Waals surface area (Å²) in [5.74, 6) is 0.473. The Kier molecular flexibility index (Phi) is 3.52. The van der Waals surface area contributed by atoms with E-state index in [4.69, 9.17) is 23.2 Å². The van der Waals surface area contributed by atoms with Crippen LogP contribution in [-0.2, 0) is 0 Å². The van der Waals surface area contributed by atoms with Crippen LogP contribution in [-0.4, -0.2) is 15.0 Å². The second-order valence-electron chi connectivity index (χ2n) is 6.05. The maximum Gasteiger partial charge on any atom is 0.227 e. The van der Waals surface area contributed by atoms with Crippen molar-refractivity contribution in [2.24, 2.45) is 0 Å². The molecule has 4 aromatic carbocycles. The summed E-state index contributed by atoms with van der Waals surface area (Å²) < 4.78 is 0. The lowest BCUT2D eigenvalue weighted by atomic mass is 9.93. The van der Waals surface area contributed by atoms with Gasteiger partial charge in [0.1, 0.15) is 0 Å². The summed E-state index contributed by atoms with van der Waals surface area (Å²) in [6.45, 7) is 0. The van der Waals surface area contributed by atoms with E-state index < -0.39 is 0 Å². The van der Waals surface area contributed by atoms with Crippen LogP contribution in [0.4, 0.5) is 0 Å². The van der Waals surface area contributed by atoms with Crippen LogP contribution in [0.3, 0.4) is 0 Å². The molecule has 1 aromatic heterocycles. The molecule has 0 aliphatic rings. The van der Waals surface area contributed by atoms with E-state index in [0.29, 0.717) is 5.82 Å². The summed E-state index contributed by atoms with van der Waals surface area (Å²) >= 11 is 12.0. The smallest absolute Gasteiger partial charge is 0.198 e. The van der Waals surface area contributed by atoms with Crippen LogP contribution < -0.4 is 0 Å². The summed E-state index contributed by atoms with van der Waals surface area (Å²) in [6.07, 6.45) is 0. The highest BCUT2D eigenvalue weighted by Gasteiger charge is 2.14. The zero-order chi connectivity index (χ0) is 17.7. The van der Waals surface area contributed by atoms with E-state index in [1.807, 2.05) is 24.3 Å². The third-order valence-corrected chi connectivity index (χ3v) is 4.93. The molecule has 0 amide bonds. The molecule has 0 unspecified atom stereocenters. The molecule has 124 valence electrons. The van der Waals surface area contributed by atoms with Gasteiger partial charge in [0.05, 0.1) is 0 Å². The Hall–Kier alpha value is -2.75. The predicted molar refractivity (Wildman–Crippen MR) is 108 cm³/mol. The average molecular weight is 376 g/mol. The largest absolute Gasteiger partial charge is 0.227 e. The number of rotatable bonds is 1. The van der Waals surface area contributed by atoms with Crippen molar-refractivity contribution in [2.45, 2.75) is 0 Å². The molecule has 1 heterocycles. The molecule has 0 saturated carbocycles. The van der Waals surface area contributed by atoms with Crippen molar-refractivity contribution in [3.63, 3.8) is 0 Å². The highest BCUT2D eigenvalue weighted by Crippen LogP contribution is 2.37. The van der Waals surface area contributed by atoms with Crippen LogP contribution in [0.5, 0.6) is 0 Å². The lowest BCUT2D eigenvalue weighted by Crippen LogP contribution is -1.95. The summed E-state index contributed by atoms with van der Waals surface area (Å²) in [7, 11) is 0. The van der Waals surface area contributed by atoms with Gasteiger partial charge in [0.2, 0.25) is 10.6 Å². The maximum absolute atomic E-state index is 6.02. The molecule has 0 N–H and O–H groups in total. The topological polar surface area (TPSA) is 38.7 Å². The van der Waals surface area contributed by atoms with E-state index in [9.17, 15) is 0 Å². The minimum atomic E-state index is 0.0853. The summed E-state index contributed by atoms with van der Waals surface area (Å²) in [4.78, 5) is 12.5. The highest BCUT2D eigenvalue weighted by atomic mass is 35.5. The highest BCUT2D eigenvalue weighted by molar-refractivity contribution is 6.31. The number of hydrogen-bond donors (Lipinski definition) is 0. The number of benzene rings is 4. The Balaban J connectivity index is 1.99. The van der Waals surface area contributed by atoms with Gasteiger partial charge in [-0.15, -0.1) is 0 Å². The molecule has 5 heteroatoms. The van der Waals surface area contributed by atoms with Crippen LogP contribution in [0.2, 0.25) is 10.6 Å².